The van der Waals surface area contributed by atoms with Crippen LogP contribution in [0.2, 0.25) is 10.0 Å². The normalized spacial score (nSPS) is 20.5. The molecule has 0 unspecified atom stereocenters. The third-order valence-corrected chi connectivity index (χ3v) is 7.56. The fourth-order valence-corrected chi connectivity index (χ4v) is 5.84. The number of benzene rings is 3. The van der Waals surface area contributed by atoms with E-state index in [4.69, 9.17) is 32.7 Å². The number of anilines is 1. The third-order valence-electron chi connectivity index (χ3n) is 6.38. The van der Waals surface area contributed by atoms with Gasteiger partial charge in [0.1, 0.15) is 18.2 Å². The van der Waals surface area contributed by atoms with Crippen LogP contribution in [0.3, 0.4) is 0 Å². The Morgan fingerprint density at radius 2 is 1.94 bits per heavy atom. The minimum atomic E-state index is -0.593. The van der Waals surface area contributed by atoms with E-state index in [-0.39, 0.29) is 24.5 Å². The molecule has 0 saturated carbocycles. The zero-order valence-electron chi connectivity index (χ0n) is 18.0. The second kappa shape index (κ2) is 9.40. The third kappa shape index (κ3) is 4.28. The molecule has 1 heterocycles. The summed E-state index contributed by atoms with van der Waals surface area (Å²) in [6.45, 7) is 0.227. The van der Waals surface area contributed by atoms with Crippen molar-refractivity contribution in [3.8, 4) is 11.5 Å². The maximum Gasteiger partial charge on any atom is 0.175 e. The molecule has 3 aromatic rings. The van der Waals surface area contributed by atoms with Crippen LogP contribution < -0.4 is 14.8 Å². The molecule has 0 fully saturated rings. The van der Waals surface area contributed by atoms with Gasteiger partial charge in [0, 0.05) is 27.6 Å². The summed E-state index contributed by atoms with van der Waals surface area (Å²) in [4.78, 5) is 0. The highest BCUT2D eigenvalue weighted by molar-refractivity contribution is 9.10. The van der Waals surface area contributed by atoms with Crippen LogP contribution in [-0.4, -0.2) is 7.11 Å². The van der Waals surface area contributed by atoms with Gasteiger partial charge in [-0.3, -0.25) is 0 Å². The zero-order valence-corrected chi connectivity index (χ0v) is 21.1. The Bertz CT molecular complexity index is 1300. The van der Waals surface area contributed by atoms with E-state index in [0.717, 1.165) is 23.6 Å². The predicted octanol–water partition coefficient (Wildman–Crippen LogP) is 8.45. The SMILES string of the molecule is COc1cc([C@H]2Nc3c(F)cc(F)cc3[C@H]3C=CC[C@H]32)cc(Br)c1OCc1ccc(Cl)cc1Cl. The summed E-state index contributed by atoms with van der Waals surface area (Å²) in [5.74, 6) is -0.0528. The van der Waals surface area contributed by atoms with Crippen molar-refractivity contribution in [3.05, 3.63) is 97.5 Å². The van der Waals surface area contributed by atoms with Crippen molar-refractivity contribution in [1.29, 1.82) is 0 Å². The number of nitrogens with one attached hydrogen (secondary N) is 1. The van der Waals surface area contributed by atoms with Crippen LogP contribution in [-0.2, 0) is 6.61 Å². The highest BCUT2D eigenvalue weighted by atomic mass is 79.9. The van der Waals surface area contributed by atoms with E-state index in [1.807, 2.05) is 24.3 Å². The Kier molecular flexibility index (Phi) is 6.49. The number of hydrogen-bond donors (Lipinski definition) is 1. The molecule has 3 aromatic carbocycles. The van der Waals surface area contributed by atoms with Gasteiger partial charge in [-0.15, -0.1) is 0 Å². The first kappa shape index (κ1) is 23.5. The molecule has 8 heteroatoms. The summed E-state index contributed by atoms with van der Waals surface area (Å²) in [6.07, 6.45) is 4.91. The Labute approximate surface area is 214 Å². The lowest BCUT2D eigenvalue weighted by Crippen LogP contribution is -2.30. The van der Waals surface area contributed by atoms with E-state index in [2.05, 4.69) is 27.3 Å². The van der Waals surface area contributed by atoms with E-state index in [1.54, 1.807) is 19.2 Å². The first-order valence-corrected chi connectivity index (χ1v) is 12.3. The van der Waals surface area contributed by atoms with Crippen molar-refractivity contribution in [2.24, 2.45) is 5.92 Å². The maximum absolute atomic E-state index is 14.7. The number of fused-ring (bicyclic) bond motifs is 3. The molecule has 1 N–H and O–H groups in total. The van der Waals surface area contributed by atoms with Gasteiger partial charge in [0.25, 0.3) is 0 Å². The number of rotatable bonds is 5. The summed E-state index contributed by atoms with van der Waals surface area (Å²) in [5, 5.41) is 4.39. The largest absolute Gasteiger partial charge is 0.493 e. The minimum Gasteiger partial charge on any atom is -0.493 e. The van der Waals surface area contributed by atoms with Gasteiger partial charge in [-0.2, -0.15) is 0 Å². The fourth-order valence-electron chi connectivity index (χ4n) is 4.80. The molecule has 2 aliphatic rings. The molecular weight excluding hydrogens is 547 g/mol. The molecule has 1 aliphatic carbocycles. The quantitative estimate of drug-likeness (QED) is 0.314. The molecule has 0 radical (unpaired) electrons. The molecule has 1 aliphatic heterocycles. The van der Waals surface area contributed by atoms with Gasteiger partial charge in [-0.25, -0.2) is 8.78 Å². The lowest BCUT2D eigenvalue weighted by molar-refractivity contribution is 0.282. The van der Waals surface area contributed by atoms with Crippen molar-refractivity contribution in [2.45, 2.75) is 25.0 Å². The lowest BCUT2D eigenvalue weighted by atomic mass is 9.77. The second-order valence-electron chi connectivity index (χ2n) is 8.39. The van der Waals surface area contributed by atoms with Crippen molar-refractivity contribution < 1.29 is 18.3 Å². The molecule has 0 bridgehead atoms. The summed E-state index contributed by atoms with van der Waals surface area (Å²) in [5.41, 5.74) is 2.69. The van der Waals surface area contributed by atoms with Gasteiger partial charge in [0.2, 0.25) is 0 Å². The van der Waals surface area contributed by atoms with Gasteiger partial charge in [0.05, 0.1) is 23.3 Å². The van der Waals surface area contributed by atoms with Crippen molar-refractivity contribution >= 4 is 44.8 Å². The average Bonchev–Trinajstić information content (AvgIpc) is 3.29. The minimum absolute atomic E-state index is 0.0702. The van der Waals surface area contributed by atoms with Crippen LogP contribution in [0.5, 0.6) is 11.5 Å². The highest BCUT2D eigenvalue weighted by Crippen LogP contribution is 2.52. The number of allylic oxidation sites excluding steroid dienone is 2. The molecule has 0 saturated heterocycles. The summed E-state index contributed by atoms with van der Waals surface area (Å²) < 4.78 is 41.0. The van der Waals surface area contributed by atoms with Crippen LogP contribution in [0.15, 0.2) is 59.1 Å². The molecule has 3 atom stereocenters. The number of hydrogen-bond acceptors (Lipinski definition) is 3. The zero-order chi connectivity index (χ0) is 24.0. The summed E-state index contributed by atoms with van der Waals surface area (Å²) in [7, 11) is 1.57. The first-order chi connectivity index (χ1) is 16.4. The van der Waals surface area contributed by atoms with Crippen LogP contribution in [0, 0.1) is 17.6 Å². The number of halogens is 5. The molecule has 0 amide bonds. The molecule has 5 rings (SSSR count). The molecule has 176 valence electrons. The first-order valence-electron chi connectivity index (χ1n) is 10.7. The smallest absolute Gasteiger partial charge is 0.175 e. The van der Waals surface area contributed by atoms with Crippen molar-refractivity contribution in [2.75, 3.05) is 12.4 Å². The van der Waals surface area contributed by atoms with Crippen LogP contribution in [0.4, 0.5) is 14.5 Å². The standard InChI is InChI=1S/C26H20BrCl2F2NO2/c1-33-23-8-14(7-20(27)26(23)34-12-13-5-6-15(28)9-21(13)29)24-18-4-2-3-17(18)19-10-16(30)11-22(31)25(19)32-24/h2-3,5-11,17-18,24,32H,4,12H2,1H3/t17-,18+,24+/m0/s1. The number of methoxy groups -OCH3 is 1. The van der Waals surface area contributed by atoms with E-state index in [9.17, 15) is 8.78 Å². The number of ether oxygens (including phenoxy) is 2. The van der Waals surface area contributed by atoms with Gasteiger partial charge in [-0.1, -0.05) is 41.4 Å². The summed E-state index contributed by atoms with van der Waals surface area (Å²) in [6, 6.07) is 11.2. The van der Waals surface area contributed by atoms with E-state index >= 15 is 0 Å². The molecule has 0 spiro atoms. The Morgan fingerprint density at radius 3 is 2.71 bits per heavy atom. The Morgan fingerprint density at radius 1 is 1.12 bits per heavy atom. The molecular formula is C26H20BrCl2F2NO2. The van der Waals surface area contributed by atoms with Gasteiger partial charge in [0.15, 0.2) is 11.5 Å². The highest BCUT2D eigenvalue weighted by Gasteiger charge is 2.39. The van der Waals surface area contributed by atoms with E-state index < -0.39 is 11.6 Å². The van der Waals surface area contributed by atoms with Crippen molar-refractivity contribution in [1.82, 2.24) is 0 Å². The Hall–Kier alpha value is -2.28. The van der Waals surface area contributed by atoms with Crippen molar-refractivity contribution in [3.63, 3.8) is 0 Å². The van der Waals surface area contributed by atoms with Gasteiger partial charge >= 0.3 is 0 Å². The Balaban J connectivity index is 1.47. The van der Waals surface area contributed by atoms with Gasteiger partial charge < -0.3 is 14.8 Å². The molecule has 34 heavy (non-hydrogen) atoms. The van der Waals surface area contributed by atoms with Crippen LogP contribution >= 0.6 is 39.1 Å². The monoisotopic (exact) mass is 565 g/mol. The topological polar surface area (TPSA) is 30.5 Å². The average molecular weight is 567 g/mol. The van der Waals surface area contributed by atoms with E-state index in [1.165, 1.54) is 6.07 Å². The maximum atomic E-state index is 14.7. The molecule has 3 nitrogen and oxygen atoms in total. The summed E-state index contributed by atoms with van der Waals surface area (Å²) >= 11 is 15.9. The fraction of sp³-hybridized carbons (Fsp3) is 0.231. The second-order valence-corrected chi connectivity index (χ2v) is 10.1. The predicted molar refractivity (Wildman–Crippen MR) is 134 cm³/mol. The lowest BCUT2D eigenvalue weighted by Gasteiger charge is -2.38. The van der Waals surface area contributed by atoms with Gasteiger partial charge in [-0.05, 0) is 69.7 Å². The molecule has 0 aromatic heterocycles. The van der Waals surface area contributed by atoms with Crippen LogP contribution in [0.25, 0.3) is 0 Å². The van der Waals surface area contributed by atoms with Crippen LogP contribution in [0.1, 0.15) is 35.1 Å². The van der Waals surface area contributed by atoms with E-state index in [0.29, 0.717) is 37.3 Å².